The third-order valence-electron chi connectivity index (χ3n) is 3.29. The van der Waals surface area contributed by atoms with Crippen LogP contribution in [0, 0.1) is 6.92 Å². The van der Waals surface area contributed by atoms with Crippen molar-refractivity contribution in [1.82, 2.24) is 0 Å². The van der Waals surface area contributed by atoms with Crippen LogP contribution in [-0.2, 0) is 0 Å². The lowest BCUT2D eigenvalue weighted by Gasteiger charge is -2.20. The molecule has 88 valence electrons. The maximum atomic E-state index is 10.1. The first-order valence-electron chi connectivity index (χ1n) is 6.18. The molecule has 0 radical (unpaired) electrons. The van der Waals surface area contributed by atoms with Crippen molar-refractivity contribution in [2.24, 2.45) is 0 Å². The Hall–Kier alpha value is -0.470. The molecule has 1 nitrogen and oxygen atoms in total. The summed E-state index contributed by atoms with van der Waals surface area (Å²) in [6.45, 7) is 2.14. The smallest absolute Gasteiger partial charge is 0.0662 e. The summed E-state index contributed by atoms with van der Waals surface area (Å²) in [4.78, 5) is 1.33. The lowest BCUT2D eigenvalue weighted by molar-refractivity contribution is 0.163. The SMILES string of the molecule is Cc1ccccc1SC1CCCCCC1O. The van der Waals surface area contributed by atoms with Crippen molar-refractivity contribution in [2.45, 2.75) is 55.3 Å². The third kappa shape index (κ3) is 3.02. The zero-order valence-corrected chi connectivity index (χ0v) is 10.7. The zero-order valence-electron chi connectivity index (χ0n) is 9.86. The van der Waals surface area contributed by atoms with Gasteiger partial charge in [-0.25, -0.2) is 0 Å². The number of aryl methyl sites for hydroxylation is 1. The zero-order chi connectivity index (χ0) is 11.4. The van der Waals surface area contributed by atoms with Crippen molar-refractivity contribution in [1.29, 1.82) is 0 Å². The van der Waals surface area contributed by atoms with E-state index >= 15 is 0 Å². The summed E-state index contributed by atoms with van der Waals surface area (Å²) < 4.78 is 0. The van der Waals surface area contributed by atoms with Gasteiger partial charge in [0.25, 0.3) is 0 Å². The normalized spacial score (nSPS) is 26.4. The minimum Gasteiger partial charge on any atom is -0.392 e. The van der Waals surface area contributed by atoms with Crippen molar-refractivity contribution in [3.05, 3.63) is 29.8 Å². The summed E-state index contributed by atoms with van der Waals surface area (Å²) in [5.41, 5.74) is 1.32. The van der Waals surface area contributed by atoms with Crippen molar-refractivity contribution in [3.8, 4) is 0 Å². The minimum absolute atomic E-state index is 0.118. The highest BCUT2D eigenvalue weighted by Crippen LogP contribution is 2.34. The highest BCUT2D eigenvalue weighted by atomic mass is 32.2. The van der Waals surface area contributed by atoms with E-state index in [9.17, 15) is 5.11 Å². The Bertz CT molecular complexity index is 337. The topological polar surface area (TPSA) is 20.2 Å². The number of aliphatic hydroxyl groups excluding tert-OH is 1. The first-order valence-corrected chi connectivity index (χ1v) is 7.05. The number of benzene rings is 1. The molecule has 2 atom stereocenters. The Morgan fingerprint density at radius 1 is 1.12 bits per heavy atom. The predicted octanol–water partition coefficient (Wildman–Crippen LogP) is 3.78. The van der Waals surface area contributed by atoms with E-state index in [1.165, 1.54) is 29.7 Å². The van der Waals surface area contributed by atoms with Gasteiger partial charge in [-0.3, -0.25) is 0 Å². The standard InChI is InChI=1S/C14H20OS/c1-11-7-5-6-9-13(11)16-14-10-4-2-3-8-12(14)15/h5-7,9,12,14-15H,2-4,8,10H2,1H3. The number of rotatable bonds is 2. The lowest BCUT2D eigenvalue weighted by Crippen LogP contribution is -2.21. The molecule has 0 amide bonds. The fraction of sp³-hybridized carbons (Fsp3) is 0.571. The molecule has 1 saturated carbocycles. The van der Waals surface area contributed by atoms with Crippen molar-refractivity contribution < 1.29 is 5.11 Å². The molecule has 1 N–H and O–H groups in total. The summed E-state index contributed by atoms with van der Waals surface area (Å²) >= 11 is 1.86. The first-order chi connectivity index (χ1) is 7.77. The molecule has 1 aromatic rings. The molecule has 2 heteroatoms. The van der Waals surface area contributed by atoms with Crippen LogP contribution < -0.4 is 0 Å². The summed E-state index contributed by atoms with van der Waals surface area (Å²) in [5, 5.41) is 10.5. The Balaban J connectivity index is 2.05. The molecule has 16 heavy (non-hydrogen) atoms. The van der Waals surface area contributed by atoms with E-state index in [1.54, 1.807) is 0 Å². The molecule has 0 aromatic heterocycles. The van der Waals surface area contributed by atoms with Crippen LogP contribution in [0.5, 0.6) is 0 Å². The summed E-state index contributed by atoms with van der Waals surface area (Å²) in [7, 11) is 0. The molecule has 1 aliphatic carbocycles. The van der Waals surface area contributed by atoms with Gasteiger partial charge in [0.2, 0.25) is 0 Å². The van der Waals surface area contributed by atoms with Crippen LogP contribution in [0.25, 0.3) is 0 Å². The van der Waals surface area contributed by atoms with Crippen molar-refractivity contribution >= 4 is 11.8 Å². The predicted molar refractivity (Wildman–Crippen MR) is 69.9 cm³/mol. The van der Waals surface area contributed by atoms with Crippen LogP contribution in [-0.4, -0.2) is 16.5 Å². The maximum absolute atomic E-state index is 10.1. The monoisotopic (exact) mass is 236 g/mol. The van der Waals surface area contributed by atoms with Gasteiger partial charge in [-0.2, -0.15) is 0 Å². The van der Waals surface area contributed by atoms with E-state index in [-0.39, 0.29) is 6.10 Å². The number of hydrogen-bond acceptors (Lipinski definition) is 2. The Kier molecular flexibility index (Phi) is 4.30. The van der Waals surface area contributed by atoms with E-state index in [0.717, 1.165) is 12.8 Å². The second-order valence-corrected chi connectivity index (χ2v) is 5.91. The average Bonchev–Trinajstić information content (AvgIpc) is 2.48. The van der Waals surface area contributed by atoms with Crippen molar-refractivity contribution in [2.75, 3.05) is 0 Å². The molecule has 2 rings (SSSR count). The van der Waals surface area contributed by atoms with Gasteiger partial charge in [0, 0.05) is 10.1 Å². The Morgan fingerprint density at radius 2 is 1.88 bits per heavy atom. The highest BCUT2D eigenvalue weighted by molar-refractivity contribution is 8.00. The summed E-state index contributed by atoms with van der Waals surface area (Å²) in [5.74, 6) is 0. The van der Waals surface area contributed by atoms with Crippen LogP contribution >= 0.6 is 11.8 Å². The molecule has 1 aromatic carbocycles. The molecule has 0 saturated heterocycles. The molecule has 0 spiro atoms. The van der Waals surface area contributed by atoms with E-state index < -0.39 is 0 Å². The lowest BCUT2D eigenvalue weighted by atomic mass is 10.1. The summed E-state index contributed by atoms with van der Waals surface area (Å²) in [6.07, 6.45) is 5.74. The molecule has 0 heterocycles. The van der Waals surface area contributed by atoms with Crippen molar-refractivity contribution in [3.63, 3.8) is 0 Å². The molecule has 0 bridgehead atoms. The number of hydrogen-bond donors (Lipinski definition) is 1. The molecular weight excluding hydrogens is 216 g/mol. The van der Waals surface area contributed by atoms with Gasteiger partial charge in [0.15, 0.2) is 0 Å². The van der Waals surface area contributed by atoms with E-state index in [2.05, 4.69) is 31.2 Å². The second-order valence-electron chi connectivity index (χ2n) is 4.63. The average molecular weight is 236 g/mol. The Labute approximate surface area is 102 Å². The van der Waals surface area contributed by atoms with Gasteiger partial charge in [0.1, 0.15) is 0 Å². The van der Waals surface area contributed by atoms with E-state index in [0.29, 0.717) is 5.25 Å². The fourth-order valence-corrected chi connectivity index (χ4v) is 3.56. The van der Waals surface area contributed by atoms with Gasteiger partial charge in [0.05, 0.1) is 6.10 Å². The summed E-state index contributed by atoms with van der Waals surface area (Å²) in [6, 6.07) is 8.46. The van der Waals surface area contributed by atoms with Crippen LogP contribution in [0.1, 0.15) is 37.7 Å². The molecule has 0 aliphatic heterocycles. The van der Waals surface area contributed by atoms with Gasteiger partial charge in [-0.1, -0.05) is 37.5 Å². The molecule has 2 unspecified atom stereocenters. The third-order valence-corrected chi connectivity index (χ3v) is 4.85. The van der Waals surface area contributed by atoms with Crippen LogP contribution in [0.2, 0.25) is 0 Å². The van der Waals surface area contributed by atoms with Crippen LogP contribution in [0.3, 0.4) is 0 Å². The van der Waals surface area contributed by atoms with E-state index in [1.807, 2.05) is 11.8 Å². The number of aliphatic hydroxyl groups is 1. The van der Waals surface area contributed by atoms with E-state index in [4.69, 9.17) is 0 Å². The number of thioether (sulfide) groups is 1. The van der Waals surface area contributed by atoms with Gasteiger partial charge in [-0.15, -0.1) is 11.8 Å². The second kappa shape index (κ2) is 5.74. The van der Waals surface area contributed by atoms with Crippen LogP contribution in [0.4, 0.5) is 0 Å². The van der Waals surface area contributed by atoms with Gasteiger partial charge >= 0.3 is 0 Å². The largest absolute Gasteiger partial charge is 0.392 e. The minimum atomic E-state index is -0.118. The molecular formula is C14H20OS. The maximum Gasteiger partial charge on any atom is 0.0662 e. The fourth-order valence-electron chi connectivity index (χ4n) is 2.24. The highest BCUT2D eigenvalue weighted by Gasteiger charge is 2.22. The van der Waals surface area contributed by atoms with Gasteiger partial charge < -0.3 is 5.11 Å². The Morgan fingerprint density at radius 3 is 2.69 bits per heavy atom. The molecule has 1 aliphatic rings. The first kappa shape index (κ1) is 12.0. The quantitative estimate of drug-likeness (QED) is 0.789. The van der Waals surface area contributed by atoms with Crippen LogP contribution in [0.15, 0.2) is 29.2 Å². The molecule has 1 fully saturated rings. The van der Waals surface area contributed by atoms with Gasteiger partial charge in [-0.05, 0) is 31.4 Å².